The lowest BCUT2D eigenvalue weighted by Gasteiger charge is -2.27. The molecule has 4 heteroatoms. The first-order valence-electron chi connectivity index (χ1n) is 9.12. The van der Waals surface area contributed by atoms with E-state index in [4.69, 9.17) is 4.99 Å². The summed E-state index contributed by atoms with van der Waals surface area (Å²) in [6, 6.07) is 0.695. The van der Waals surface area contributed by atoms with Crippen molar-refractivity contribution in [2.75, 3.05) is 39.3 Å². The fourth-order valence-electron chi connectivity index (χ4n) is 4.10. The molecule has 1 atom stereocenters. The molecule has 0 aromatic heterocycles. The van der Waals surface area contributed by atoms with Crippen molar-refractivity contribution in [3.63, 3.8) is 0 Å². The minimum Gasteiger partial charge on any atom is -0.357 e. The molecule has 2 fully saturated rings. The largest absolute Gasteiger partial charge is 0.357 e. The van der Waals surface area contributed by atoms with Gasteiger partial charge < -0.3 is 10.2 Å². The topological polar surface area (TPSA) is 30.9 Å². The number of aliphatic imine (C=N–C) groups is 1. The molecule has 0 aromatic rings. The van der Waals surface area contributed by atoms with Crippen LogP contribution in [0.3, 0.4) is 0 Å². The van der Waals surface area contributed by atoms with Gasteiger partial charge in [-0.3, -0.25) is 9.89 Å². The summed E-state index contributed by atoms with van der Waals surface area (Å²) in [4.78, 5) is 10.1. The van der Waals surface area contributed by atoms with Gasteiger partial charge in [0.15, 0.2) is 5.96 Å². The molecular weight excluding hydrogens is 272 g/mol. The number of hydrogen-bond acceptors (Lipinski definition) is 2. The summed E-state index contributed by atoms with van der Waals surface area (Å²) >= 11 is 0. The van der Waals surface area contributed by atoms with Crippen LogP contribution < -0.4 is 5.32 Å². The van der Waals surface area contributed by atoms with Gasteiger partial charge in [0.1, 0.15) is 0 Å². The predicted molar refractivity (Wildman–Crippen MR) is 93.2 cm³/mol. The van der Waals surface area contributed by atoms with E-state index in [1.165, 1.54) is 32.1 Å². The first kappa shape index (κ1) is 15.9. The van der Waals surface area contributed by atoms with Gasteiger partial charge in [-0.1, -0.05) is 31.9 Å². The third-order valence-electron chi connectivity index (χ3n) is 5.58. The standard InChI is InChI=1S/C18H32N4/c1-3-19-17(20-15-18(2)9-4-5-10-18)22-13-8-16(14-22)21-11-6-7-12-21/h6-7,16H,3-5,8-15H2,1-2H3,(H,19,20). The number of likely N-dealkylation sites (tertiary alicyclic amines) is 1. The highest BCUT2D eigenvalue weighted by molar-refractivity contribution is 5.80. The van der Waals surface area contributed by atoms with Gasteiger partial charge in [0.2, 0.25) is 0 Å². The van der Waals surface area contributed by atoms with Crippen molar-refractivity contribution in [2.45, 2.75) is 52.0 Å². The van der Waals surface area contributed by atoms with Gasteiger partial charge in [-0.15, -0.1) is 0 Å². The van der Waals surface area contributed by atoms with Crippen molar-refractivity contribution in [2.24, 2.45) is 10.4 Å². The van der Waals surface area contributed by atoms with Crippen molar-refractivity contribution in [1.29, 1.82) is 0 Å². The van der Waals surface area contributed by atoms with Crippen molar-refractivity contribution in [1.82, 2.24) is 15.1 Å². The summed E-state index contributed by atoms with van der Waals surface area (Å²) in [5.41, 5.74) is 0.443. The molecule has 0 spiro atoms. The summed E-state index contributed by atoms with van der Waals surface area (Å²) in [5.74, 6) is 1.14. The summed E-state index contributed by atoms with van der Waals surface area (Å²) in [5, 5.41) is 3.52. The minimum absolute atomic E-state index is 0.443. The van der Waals surface area contributed by atoms with Crippen LogP contribution in [0.4, 0.5) is 0 Å². The molecule has 1 N–H and O–H groups in total. The third-order valence-corrected chi connectivity index (χ3v) is 5.58. The lowest BCUT2D eigenvalue weighted by molar-refractivity contribution is 0.259. The summed E-state index contributed by atoms with van der Waals surface area (Å²) < 4.78 is 0. The zero-order valence-corrected chi connectivity index (χ0v) is 14.4. The SMILES string of the molecule is CCNC(=NCC1(C)CCCC1)N1CCC(N2CC=CC2)C1. The van der Waals surface area contributed by atoms with Crippen LogP contribution >= 0.6 is 0 Å². The predicted octanol–water partition coefficient (Wildman–Crippen LogP) is 2.48. The highest BCUT2D eigenvalue weighted by Crippen LogP contribution is 2.37. The van der Waals surface area contributed by atoms with Crippen LogP contribution in [0.15, 0.2) is 17.1 Å². The molecule has 124 valence electrons. The van der Waals surface area contributed by atoms with Crippen LogP contribution in [-0.2, 0) is 0 Å². The van der Waals surface area contributed by atoms with Crippen molar-refractivity contribution < 1.29 is 0 Å². The molecule has 2 heterocycles. The molecule has 3 aliphatic rings. The number of nitrogens with one attached hydrogen (secondary N) is 1. The number of nitrogens with zero attached hydrogens (tertiary/aromatic N) is 3. The van der Waals surface area contributed by atoms with Gasteiger partial charge in [-0.05, 0) is 31.6 Å². The molecule has 0 radical (unpaired) electrons. The first-order chi connectivity index (χ1) is 10.7. The molecule has 1 saturated heterocycles. The summed E-state index contributed by atoms with van der Waals surface area (Å²) in [6.07, 6.45) is 11.3. The summed E-state index contributed by atoms with van der Waals surface area (Å²) in [7, 11) is 0. The molecule has 0 bridgehead atoms. The van der Waals surface area contributed by atoms with Crippen molar-refractivity contribution in [3.8, 4) is 0 Å². The number of rotatable bonds is 4. The lowest BCUT2D eigenvalue weighted by Crippen LogP contribution is -2.43. The van der Waals surface area contributed by atoms with Crippen LogP contribution in [0, 0.1) is 5.41 Å². The molecule has 1 unspecified atom stereocenters. The van der Waals surface area contributed by atoms with Gasteiger partial charge in [0, 0.05) is 45.3 Å². The van der Waals surface area contributed by atoms with Gasteiger partial charge in [-0.25, -0.2) is 0 Å². The Balaban J connectivity index is 1.58. The maximum atomic E-state index is 5.01. The Morgan fingerprint density at radius 2 is 2.00 bits per heavy atom. The van der Waals surface area contributed by atoms with Gasteiger partial charge in [0.05, 0.1) is 0 Å². The molecule has 1 saturated carbocycles. The first-order valence-corrected chi connectivity index (χ1v) is 9.12. The van der Waals surface area contributed by atoms with E-state index < -0.39 is 0 Å². The Morgan fingerprint density at radius 1 is 1.27 bits per heavy atom. The molecule has 0 amide bonds. The van der Waals surface area contributed by atoms with E-state index in [-0.39, 0.29) is 0 Å². The van der Waals surface area contributed by atoms with Crippen LogP contribution in [0.25, 0.3) is 0 Å². The van der Waals surface area contributed by atoms with Crippen LogP contribution in [0.1, 0.15) is 46.0 Å². The molecule has 0 aromatic carbocycles. The average Bonchev–Trinajstić information content (AvgIpc) is 3.24. The highest BCUT2D eigenvalue weighted by Gasteiger charge is 2.31. The smallest absolute Gasteiger partial charge is 0.193 e. The number of guanidine groups is 1. The minimum atomic E-state index is 0.443. The maximum Gasteiger partial charge on any atom is 0.193 e. The van der Waals surface area contributed by atoms with Crippen molar-refractivity contribution in [3.05, 3.63) is 12.2 Å². The Labute approximate surface area is 135 Å². The molecule has 2 aliphatic heterocycles. The Bertz CT molecular complexity index is 415. The third kappa shape index (κ3) is 3.65. The average molecular weight is 304 g/mol. The summed E-state index contributed by atoms with van der Waals surface area (Å²) in [6.45, 7) is 11.1. The fourth-order valence-corrected chi connectivity index (χ4v) is 4.10. The van der Waals surface area contributed by atoms with Crippen molar-refractivity contribution >= 4 is 5.96 Å². The fraction of sp³-hybridized carbons (Fsp3) is 0.833. The van der Waals surface area contributed by atoms with Crippen LogP contribution in [-0.4, -0.2) is 61.1 Å². The van der Waals surface area contributed by atoms with Gasteiger partial charge >= 0.3 is 0 Å². The van der Waals surface area contributed by atoms with E-state index in [0.717, 1.165) is 45.2 Å². The van der Waals surface area contributed by atoms with Crippen LogP contribution in [0.2, 0.25) is 0 Å². The monoisotopic (exact) mass is 304 g/mol. The van der Waals surface area contributed by atoms with E-state index in [1.807, 2.05) is 0 Å². The quantitative estimate of drug-likeness (QED) is 0.492. The molecular formula is C18H32N4. The van der Waals surface area contributed by atoms with E-state index >= 15 is 0 Å². The normalized spacial score (nSPS) is 28.7. The second-order valence-electron chi connectivity index (χ2n) is 7.50. The van der Waals surface area contributed by atoms with E-state index in [0.29, 0.717) is 11.5 Å². The molecule has 4 nitrogen and oxygen atoms in total. The Kier molecular flexibility index (Phi) is 5.07. The molecule has 22 heavy (non-hydrogen) atoms. The van der Waals surface area contributed by atoms with E-state index in [2.05, 4.69) is 41.1 Å². The maximum absolute atomic E-state index is 5.01. The van der Waals surface area contributed by atoms with Gasteiger partial charge in [-0.2, -0.15) is 0 Å². The molecule has 3 rings (SSSR count). The zero-order valence-electron chi connectivity index (χ0n) is 14.4. The van der Waals surface area contributed by atoms with Gasteiger partial charge in [0.25, 0.3) is 0 Å². The van der Waals surface area contributed by atoms with E-state index in [1.54, 1.807) is 0 Å². The molecule has 1 aliphatic carbocycles. The second kappa shape index (κ2) is 7.03. The highest BCUT2D eigenvalue weighted by atomic mass is 15.3. The Morgan fingerprint density at radius 3 is 2.68 bits per heavy atom. The zero-order chi connectivity index (χ0) is 15.4. The Hall–Kier alpha value is -1.03. The second-order valence-corrected chi connectivity index (χ2v) is 7.50. The van der Waals surface area contributed by atoms with Crippen LogP contribution in [0.5, 0.6) is 0 Å². The lowest BCUT2D eigenvalue weighted by atomic mass is 9.89. The van der Waals surface area contributed by atoms with E-state index in [9.17, 15) is 0 Å². The number of hydrogen-bond donors (Lipinski definition) is 1.